The Morgan fingerprint density at radius 3 is 3.00 bits per heavy atom. The molecule has 2 heterocycles. The van der Waals surface area contributed by atoms with Gasteiger partial charge in [-0.25, -0.2) is 4.98 Å². The summed E-state index contributed by atoms with van der Waals surface area (Å²) in [5, 5.41) is 1.44. The van der Waals surface area contributed by atoms with Crippen LogP contribution in [0, 0.1) is 0 Å². The number of aromatic nitrogens is 2. The maximum atomic E-state index is 12.9. The van der Waals surface area contributed by atoms with Crippen molar-refractivity contribution in [2.45, 2.75) is 43.4 Å². The Bertz CT molecular complexity index is 811. The lowest BCUT2D eigenvalue weighted by atomic mass is 10.0. The molecule has 1 aliphatic rings. The third-order valence-corrected chi connectivity index (χ3v) is 6.51. The number of hydrogen-bond donors (Lipinski definition) is 0. The molecule has 142 valence electrons. The van der Waals surface area contributed by atoms with Gasteiger partial charge in [0, 0.05) is 23.4 Å². The third kappa shape index (κ3) is 4.68. The summed E-state index contributed by atoms with van der Waals surface area (Å²) in [4.78, 5) is 20.2. The van der Waals surface area contributed by atoms with Crippen LogP contribution >= 0.6 is 27.7 Å². The van der Waals surface area contributed by atoms with Crippen LogP contribution < -0.4 is 5.56 Å². The molecule has 1 aliphatic heterocycles. The highest BCUT2D eigenvalue weighted by Gasteiger charge is 2.19. The maximum Gasteiger partial charge on any atom is 0.262 e. The predicted octanol–water partition coefficient (Wildman–Crippen LogP) is 3.77. The molecule has 7 heteroatoms. The second-order valence-corrected chi connectivity index (χ2v) is 8.75. The molecule has 0 saturated carbocycles. The monoisotopic (exact) mass is 439 g/mol. The first-order chi connectivity index (χ1) is 12.6. The average Bonchev–Trinajstić information content (AvgIpc) is 2.63. The highest BCUT2D eigenvalue weighted by atomic mass is 79.9. The Balaban J connectivity index is 1.81. The van der Waals surface area contributed by atoms with Gasteiger partial charge in [0.1, 0.15) is 0 Å². The standard InChI is InChI=1S/C19H26BrN3O2S/c1-22-9-4-3-5-15(22)8-12-26-19-21-17-7-6-14(20)13-16(17)18(24)23(19)10-11-25-2/h6-7,13,15H,3-5,8-12H2,1-2H3. The molecule has 0 spiro atoms. The fourth-order valence-corrected chi connectivity index (χ4v) is 4.88. The zero-order chi connectivity index (χ0) is 18.5. The van der Waals surface area contributed by atoms with Crippen LogP contribution in [0.15, 0.2) is 32.6 Å². The van der Waals surface area contributed by atoms with Crippen LogP contribution in [0.1, 0.15) is 25.7 Å². The van der Waals surface area contributed by atoms with Crippen molar-refractivity contribution in [1.29, 1.82) is 0 Å². The number of nitrogens with zero attached hydrogens (tertiary/aromatic N) is 3. The normalized spacial score (nSPS) is 18.5. The van der Waals surface area contributed by atoms with Crippen LogP contribution in [0.4, 0.5) is 0 Å². The van der Waals surface area contributed by atoms with Crippen molar-refractivity contribution in [3.63, 3.8) is 0 Å². The Morgan fingerprint density at radius 1 is 1.38 bits per heavy atom. The molecule has 1 aromatic heterocycles. The lowest BCUT2D eigenvalue weighted by molar-refractivity contribution is 0.181. The highest BCUT2D eigenvalue weighted by Crippen LogP contribution is 2.24. The molecule has 5 nitrogen and oxygen atoms in total. The van der Waals surface area contributed by atoms with E-state index in [0.717, 1.165) is 27.3 Å². The number of rotatable bonds is 7. The Morgan fingerprint density at radius 2 is 2.23 bits per heavy atom. The second-order valence-electron chi connectivity index (χ2n) is 6.77. The first-order valence-electron chi connectivity index (χ1n) is 9.12. The van der Waals surface area contributed by atoms with Gasteiger partial charge in [-0.1, -0.05) is 34.1 Å². The molecular weight excluding hydrogens is 414 g/mol. The molecule has 0 radical (unpaired) electrons. The lowest BCUT2D eigenvalue weighted by Crippen LogP contribution is -2.36. The van der Waals surface area contributed by atoms with E-state index >= 15 is 0 Å². The van der Waals surface area contributed by atoms with Crippen LogP contribution in [-0.2, 0) is 11.3 Å². The molecule has 26 heavy (non-hydrogen) atoms. The van der Waals surface area contributed by atoms with Crippen LogP contribution in [0.25, 0.3) is 10.9 Å². The van der Waals surface area contributed by atoms with Gasteiger partial charge in [0.05, 0.1) is 24.1 Å². The van der Waals surface area contributed by atoms with E-state index in [1.165, 1.54) is 25.8 Å². The van der Waals surface area contributed by atoms with Gasteiger partial charge in [-0.15, -0.1) is 0 Å². The zero-order valence-electron chi connectivity index (χ0n) is 15.4. The van der Waals surface area contributed by atoms with Gasteiger partial charge in [-0.2, -0.15) is 0 Å². The van der Waals surface area contributed by atoms with E-state index in [0.29, 0.717) is 24.6 Å². The van der Waals surface area contributed by atoms with Gasteiger partial charge in [0.25, 0.3) is 5.56 Å². The third-order valence-electron chi connectivity index (χ3n) is 5.00. The van der Waals surface area contributed by atoms with Gasteiger partial charge in [0.15, 0.2) is 5.16 Å². The minimum absolute atomic E-state index is 0.00522. The van der Waals surface area contributed by atoms with Crippen LogP contribution in [0.5, 0.6) is 0 Å². The lowest BCUT2D eigenvalue weighted by Gasteiger charge is -2.32. The number of fused-ring (bicyclic) bond motifs is 1. The minimum atomic E-state index is 0.00522. The fraction of sp³-hybridized carbons (Fsp3) is 0.579. The van der Waals surface area contributed by atoms with E-state index in [9.17, 15) is 4.79 Å². The summed E-state index contributed by atoms with van der Waals surface area (Å²) < 4.78 is 7.84. The van der Waals surface area contributed by atoms with Gasteiger partial charge < -0.3 is 9.64 Å². The van der Waals surface area contributed by atoms with Gasteiger partial charge in [-0.3, -0.25) is 9.36 Å². The Hall–Kier alpha value is -0.890. The number of ether oxygens (including phenoxy) is 1. The summed E-state index contributed by atoms with van der Waals surface area (Å²) >= 11 is 5.13. The largest absolute Gasteiger partial charge is 0.383 e. The summed E-state index contributed by atoms with van der Waals surface area (Å²) in [6, 6.07) is 6.33. The second kappa shape index (κ2) is 9.35. The molecule has 3 rings (SSSR count). The SMILES string of the molecule is COCCn1c(SCCC2CCCCN2C)nc2ccc(Br)cc2c1=O. The molecule has 1 unspecified atom stereocenters. The van der Waals surface area contributed by atoms with Crippen molar-refractivity contribution >= 4 is 38.6 Å². The average molecular weight is 440 g/mol. The van der Waals surface area contributed by atoms with Crippen molar-refractivity contribution in [3.8, 4) is 0 Å². The van der Waals surface area contributed by atoms with Crippen molar-refractivity contribution in [1.82, 2.24) is 14.5 Å². The van der Waals surface area contributed by atoms with E-state index in [4.69, 9.17) is 9.72 Å². The van der Waals surface area contributed by atoms with Crippen molar-refractivity contribution in [2.24, 2.45) is 0 Å². The zero-order valence-corrected chi connectivity index (χ0v) is 17.8. The quantitative estimate of drug-likeness (QED) is 0.485. The molecule has 1 aromatic carbocycles. The number of piperidine rings is 1. The fourth-order valence-electron chi connectivity index (χ4n) is 3.46. The topological polar surface area (TPSA) is 47.4 Å². The minimum Gasteiger partial charge on any atom is -0.383 e. The molecule has 1 atom stereocenters. The smallest absolute Gasteiger partial charge is 0.262 e. The summed E-state index contributed by atoms with van der Waals surface area (Å²) in [5.41, 5.74) is 0.759. The van der Waals surface area contributed by atoms with Gasteiger partial charge in [0.2, 0.25) is 0 Å². The molecule has 0 N–H and O–H groups in total. The summed E-state index contributed by atoms with van der Waals surface area (Å²) in [6.07, 6.45) is 5.02. The van der Waals surface area contributed by atoms with Crippen LogP contribution in [0.2, 0.25) is 0 Å². The molecule has 0 aliphatic carbocycles. The van der Waals surface area contributed by atoms with Crippen molar-refractivity contribution in [2.75, 3.05) is 33.1 Å². The molecule has 2 aromatic rings. The number of halogens is 1. The first-order valence-corrected chi connectivity index (χ1v) is 10.9. The molecule has 0 bridgehead atoms. The van der Waals surface area contributed by atoms with Gasteiger partial charge >= 0.3 is 0 Å². The van der Waals surface area contributed by atoms with E-state index < -0.39 is 0 Å². The van der Waals surface area contributed by atoms with Crippen molar-refractivity contribution in [3.05, 3.63) is 33.0 Å². The van der Waals surface area contributed by atoms with Gasteiger partial charge in [-0.05, 0) is 51.1 Å². The highest BCUT2D eigenvalue weighted by molar-refractivity contribution is 9.10. The summed E-state index contributed by atoms with van der Waals surface area (Å²) in [5.74, 6) is 0.969. The van der Waals surface area contributed by atoms with E-state index in [1.807, 2.05) is 18.2 Å². The number of likely N-dealkylation sites (tertiary alicyclic amines) is 1. The summed E-state index contributed by atoms with van der Waals surface area (Å²) in [7, 11) is 3.87. The van der Waals surface area contributed by atoms with Crippen LogP contribution in [0.3, 0.4) is 0 Å². The first kappa shape index (κ1) is 19.9. The molecule has 1 fully saturated rings. The number of thioether (sulfide) groups is 1. The Labute approximate surface area is 167 Å². The van der Waals surface area contributed by atoms with E-state index in [2.05, 4.69) is 27.9 Å². The number of methoxy groups -OCH3 is 1. The van der Waals surface area contributed by atoms with E-state index in [1.54, 1.807) is 23.4 Å². The number of benzene rings is 1. The number of hydrogen-bond acceptors (Lipinski definition) is 5. The van der Waals surface area contributed by atoms with Crippen LogP contribution in [-0.4, -0.2) is 53.6 Å². The maximum absolute atomic E-state index is 12.9. The molecule has 1 saturated heterocycles. The summed E-state index contributed by atoms with van der Waals surface area (Å²) in [6.45, 7) is 2.22. The van der Waals surface area contributed by atoms with E-state index in [-0.39, 0.29) is 5.56 Å². The predicted molar refractivity (Wildman–Crippen MR) is 111 cm³/mol. The molecule has 0 amide bonds. The Kier molecular flexibility index (Phi) is 7.14. The van der Waals surface area contributed by atoms with Crippen molar-refractivity contribution < 1.29 is 4.74 Å². The molecular formula is C19H26BrN3O2S.